The molecular formula is C10H15N3O2. The van der Waals surface area contributed by atoms with Crippen molar-refractivity contribution < 1.29 is 9.53 Å². The molecule has 5 heteroatoms. The summed E-state index contributed by atoms with van der Waals surface area (Å²) in [6.07, 6.45) is 2.90. The molecular weight excluding hydrogens is 194 g/mol. The number of nitrogens with one attached hydrogen (secondary N) is 1. The van der Waals surface area contributed by atoms with Crippen LogP contribution in [0.2, 0.25) is 0 Å². The molecule has 1 amide bonds. The standard InChI is InChI=1S/C10H15N3O2/c1-4-15-9-6-11-5-8(13-9)10(14)12-7(2)3/h5-7H,4H2,1-3H3,(H,12,14). The second-order valence-electron chi connectivity index (χ2n) is 3.30. The van der Waals surface area contributed by atoms with E-state index in [0.717, 1.165) is 0 Å². The van der Waals surface area contributed by atoms with Crippen LogP contribution in [0.1, 0.15) is 31.3 Å². The molecule has 0 aliphatic rings. The third-order valence-corrected chi connectivity index (χ3v) is 1.56. The third kappa shape index (κ3) is 3.53. The molecule has 1 aromatic rings. The molecule has 0 aromatic carbocycles. The maximum Gasteiger partial charge on any atom is 0.271 e. The van der Waals surface area contributed by atoms with Crippen molar-refractivity contribution in [2.24, 2.45) is 0 Å². The number of nitrogens with zero attached hydrogens (tertiary/aromatic N) is 2. The van der Waals surface area contributed by atoms with Crippen molar-refractivity contribution in [3.05, 3.63) is 18.1 Å². The van der Waals surface area contributed by atoms with Crippen LogP contribution in [0.25, 0.3) is 0 Å². The van der Waals surface area contributed by atoms with Gasteiger partial charge in [-0.15, -0.1) is 0 Å². The highest BCUT2D eigenvalue weighted by Gasteiger charge is 2.09. The fourth-order valence-corrected chi connectivity index (χ4v) is 1.01. The van der Waals surface area contributed by atoms with E-state index in [2.05, 4.69) is 15.3 Å². The molecule has 0 aliphatic carbocycles. The molecule has 1 aromatic heterocycles. The van der Waals surface area contributed by atoms with Crippen LogP contribution in [0.15, 0.2) is 12.4 Å². The van der Waals surface area contributed by atoms with Crippen molar-refractivity contribution in [3.8, 4) is 5.88 Å². The van der Waals surface area contributed by atoms with E-state index >= 15 is 0 Å². The molecule has 0 unspecified atom stereocenters. The molecule has 0 atom stereocenters. The Balaban J connectivity index is 2.76. The predicted octanol–water partition coefficient (Wildman–Crippen LogP) is 1.01. The molecule has 0 saturated heterocycles. The molecule has 0 saturated carbocycles. The summed E-state index contributed by atoms with van der Waals surface area (Å²) in [6, 6.07) is 0.0787. The van der Waals surface area contributed by atoms with Crippen LogP contribution in [-0.2, 0) is 0 Å². The Kier molecular flexibility index (Phi) is 4.03. The monoisotopic (exact) mass is 209 g/mol. The van der Waals surface area contributed by atoms with Gasteiger partial charge in [0.05, 0.1) is 19.0 Å². The fraction of sp³-hybridized carbons (Fsp3) is 0.500. The van der Waals surface area contributed by atoms with Gasteiger partial charge in [0, 0.05) is 6.04 Å². The van der Waals surface area contributed by atoms with E-state index in [9.17, 15) is 4.79 Å². The Hall–Kier alpha value is -1.65. The lowest BCUT2D eigenvalue weighted by Crippen LogP contribution is -2.30. The molecule has 0 spiro atoms. The van der Waals surface area contributed by atoms with E-state index in [-0.39, 0.29) is 17.6 Å². The molecule has 15 heavy (non-hydrogen) atoms. The van der Waals surface area contributed by atoms with Gasteiger partial charge in [-0.1, -0.05) is 0 Å². The number of carbonyl (C=O) groups excluding carboxylic acids is 1. The summed E-state index contributed by atoms with van der Waals surface area (Å²) in [5.41, 5.74) is 0.273. The minimum Gasteiger partial charge on any atom is -0.477 e. The maximum atomic E-state index is 11.5. The maximum absolute atomic E-state index is 11.5. The largest absolute Gasteiger partial charge is 0.477 e. The molecule has 0 radical (unpaired) electrons. The Morgan fingerprint density at radius 2 is 2.27 bits per heavy atom. The zero-order valence-electron chi connectivity index (χ0n) is 9.15. The quantitative estimate of drug-likeness (QED) is 0.803. The van der Waals surface area contributed by atoms with Crippen LogP contribution in [0.4, 0.5) is 0 Å². The van der Waals surface area contributed by atoms with Crippen molar-refractivity contribution in [3.63, 3.8) is 0 Å². The Morgan fingerprint density at radius 3 is 2.87 bits per heavy atom. The zero-order valence-corrected chi connectivity index (χ0v) is 9.15. The van der Waals surface area contributed by atoms with Crippen LogP contribution >= 0.6 is 0 Å². The lowest BCUT2D eigenvalue weighted by molar-refractivity contribution is 0.0936. The van der Waals surface area contributed by atoms with E-state index in [4.69, 9.17) is 4.74 Å². The lowest BCUT2D eigenvalue weighted by Gasteiger charge is -2.08. The number of ether oxygens (including phenoxy) is 1. The number of hydrogen-bond donors (Lipinski definition) is 1. The molecule has 0 aliphatic heterocycles. The number of amides is 1. The second kappa shape index (κ2) is 5.29. The summed E-state index contributed by atoms with van der Waals surface area (Å²) in [5, 5.41) is 2.73. The molecule has 5 nitrogen and oxygen atoms in total. The van der Waals surface area contributed by atoms with Gasteiger partial charge in [0.2, 0.25) is 5.88 Å². The smallest absolute Gasteiger partial charge is 0.271 e. The Morgan fingerprint density at radius 1 is 1.53 bits per heavy atom. The molecule has 0 bridgehead atoms. The first-order chi connectivity index (χ1) is 7.13. The molecule has 1 heterocycles. The highest BCUT2D eigenvalue weighted by Crippen LogP contribution is 2.04. The van der Waals surface area contributed by atoms with Gasteiger partial charge in [-0.2, -0.15) is 0 Å². The van der Waals surface area contributed by atoms with Gasteiger partial charge >= 0.3 is 0 Å². The van der Waals surface area contributed by atoms with Crippen LogP contribution < -0.4 is 10.1 Å². The normalized spacial score (nSPS) is 10.1. The lowest BCUT2D eigenvalue weighted by atomic mass is 10.3. The van der Waals surface area contributed by atoms with Crippen LogP contribution in [0.5, 0.6) is 5.88 Å². The van der Waals surface area contributed by atoms with E-state index in [0.29, 0.717) is 12.5 Å². The Labute approximate surface area is 88.9 Å². The van der Waals surface area contributed by atoms with Gasteiger partial charge in [0.25, 0.3) is 5.91 Å². The molecule has 82 valence electrons. The Bertz CT molecular complexity index is 339. The minimum absolute atomic E-state index is 0.0787. The fourth-order valence-electron chi connectivity index (χ4n) is 1.01. The van der Waals surface area contributed by atoms with E-state index in [1.807, 2.05) is 20.8 Å². The summed E-state index contributed by atoms with van der Waals surface area (Å²) in [4.78, 5) is 19.4. The first kappa shape index (κ1) is 11.4. The molecule has 0 fully saturated rings. The number of aromatic nitrogens is 2. The minimum atomic E-state index is -0.237. The van der Waals surface area contributed by atoms with Gasteiger partial charge in [0.1, 0.15) is 5.69 Å². The second-order valence-corrected chi connectivity index (χ2v) is 3.30. The van der Waals surface area contributed by atoms with E-state index < -0.39 is 0 Å². The van der Waals surface area contributed by atoms with Gasteiger partial charge in [-0.25, -0.2) is 4.98 Å². The van der Waals surface area contributed by atoms with Gasteiger partial charge < -0.3 is 10.1 Å². The van der Waals surface area contributed by atoms with Crippen molar-refractivity contribution in [2.75, 3.05) is 6.61 Å². The first-order valence-corrected chi connectivity index (χ1v) is 4.89. The van der Waals surface area contributed by atoms with Crippen molar-refractivity contribution in [2.45, 2.75) is 26.8 Å². The van der Waals surface area contributed by atoms with Crippen molar-refractivity contribution in [1.82, 2.24) is 15.3 Å². The van der Waals surface area contributed by atoms with Crippen molar-refractivity contribution in [1.29, 1.82) is 0 Å². The topological polar surface area (TPSA) is 64.1 Å². The summed E-state index contributed by atoms with van der Waals surface area (Å²) in [7, 11) is 0. The summed E-state index contributed by atoms with van der Waals surface area (Å²) in [5.74, 6) is 0.132. The predicted molar refractivity (Wildman–Crippen MR) is 55.8 cm³/mol. The van der Waals surface area contributed by atoms with Gasteiger partial charge in [-0.3, -0.25) is 9.78 Å². The van der Waals surface area contributed by atoms with Gasteiger partial charge in [0.15, 0.2) is 0 Å². The van der Waals surface area contributed by atoms with Crippen LogP contribution in [0, 0.1) is 0 Å². The average molecular weight is 209 g/mol. The van der Waals surface area contributed by atoms with Gasteiger partial charge in [-0.05, 0) is 20.8 Å². The van der Waals surface area contributed by atoms with E-state index in [1.54, 1.807) is 0 Å². The summed E-state index contributed by atoms with van der Waals surface area (Å²) >= 11 is 0. The van der Waals surface area contributed by atoms with E-state index in [1.165, 1.54) is 12.4 Å². The van der Waals surface area contributed by atoms with Crippen LogP contribution in [-0.4, -0.2) is 28.5 Å². The molecule has 1 rings (SSSR count). The summed E-state index contributed by atoms with van der Waals surface area (Å²) < 4.78 is 5.15. The van der Waals surface area contributed by atoms with Crippen molar-refractivity contribution >= 4 is 5.91 Å². The highest BCUT2D eigenvalue weighted by molar-refractivity contribution is 5.92. The first-order valence-electron chi connectivity index (χ1n) is 4.89. The third-order valence-electron chi connectivity index (χ3n) is 1.56. The number of rotatable bonds is 4. The highest BCUT2D eigenvalue weighted by atomic mass is 16.5. The average Bonchev–Trinajstić information content (AvgIpc) is 2.17. The van der Waals surface area contributed by atoms with Crippen LogP contribution in [0.3, 0.4) is 0 Å². The number of carbonyl (C=O) groups is 1. The summed E-state index contributed by atoms with van der Waals surface area (Å²) in [6.45, 7) is 6.13. The SMILES string of the molecule is CCOc1cncc(C(=O)NC(C)C)n1. The molecule has 1 N–H and O–H groups in total. The number of hydrogen-bond acceptors (Lipinski definition) is 4. The zero-order chi connectivity index (χ0) is 11.3.